The lowest BCUT2D eigenvalue weighted by atomic mass is 9.49. The summed E-state index contributed by atoms with van der Waals surface area (Å²) in [6.07, 6.45) is 1.18. The molecule has 1 saturated heterocycles. The summed E-state index contributed by atoms with van der Waals surface area (Å²) in [5, 5.41) is 11.2. The van der Waals surface area contributed by atoms with Crippen LogP contribution in [0.5, 0.6) is 0 Å². The lowest BCUT2D eigenvalue weighted by molar-refractivity contribution is -0.152. The Bertz CT molecular complexity index is 882. The summed E-state index contributed by atoms with van der Waals surface area (Å²) in [6.45, 7) is 9.83. The number of Topliss-reactive ketones (excluding diaryl/α,β-unsaturated/α-hetero) is 2. The first-order valence-electron chi connectivity index (χ1n) is 10.8. The predicted octanol–water partition coefficient (Wildman–Crippen LogP) is 2.37. The topological polar surface area (TPSA) is 89.9 Å². The van der Waals surface area contributed by atoms with Crippen LogP contribution in [0.25, 0.3) is 0 Å². The number of aliphatic hydroxyl groups is 1. The first kappa shape index (κ1) is 19.4. The summed E-state index contributed by atoms with van der Waals surface area (Å²) in [6, 6.07) is 0. The van der Waals surface area contributed by atoms with Crippen molar-refractivity contribution in [3.05, 3.63) is 11.1 Å². The molecular formula is C23H30O6. The molecule has 5 rings (SSSR count). The van der Waals surface area contributed by atoms with Crippen LogP contribution in [0, 0.1) is 28.1 Å². The summed E-state index contributed by atoms with van der Waals surface area (Å²) in [5.41, 5.74) is -2.78. The molecule has 5 aliphatic rings. The molecule has 0 aromatic carbocycles. The Balaban J connectivity index is 1.83. The second kappa shape index (κ2) is 5.38. The number of hydrogen-bond donors (Lipinski definition) is 1. The molecule has 0 spiro atoms. The molecule has 1 unspecified atom stereocenters. The van der Waals surface area contributed by atoms with Crippen molar-refractivity contribution in [1.82, 2.24) is 0 Å². The van der Waals surface area contributed by atoms with Crippen LogP contribution in [-0.2, 0) is 23.9 Å². The fourth-order valence-corrected chi connectivity index (χ4v) is 7.81. The molecule has 3 fully saturated rings. The molecule has 7 atom stereocenters. The van der Waals surface area contributed by atoms with Gasteiger partial charge in [0.1, 0.15) is 23.4 Å². The predicted molar refractivity (Wildman–Crippen MR) is 103 cm³/mol. The molecule has 6 heteroatoms. The van der Waals surface area contributed by atoms with Crippen molar-refractivity contribution >= 4 is 17.5 Å². The van der Waals surface area contributed by atoms with Crippen molar-refractivity contribution in [3.63, 3.8) is 0 Å². The number of fused-ring (bicyclic) bond motifs is 2. The van der Waals surface area contributed by atoms with Gasteiger partial charge in [0.2, 0.25) is 0 Å². The zero-order chi connectivity index (χ0) is 21.1. The van der Waals surface area contributed by atoms with Gasteiger partial charge in [-0.2, -0.15) is 0 Å². The van der Waals surface area contributed by atoms with E-state index in [0.717, 1.165) is 12.8 Å². The quantitative estimate of drug-likeness (QED) is 0.563. The van der Waals surface area contributed by atoms with Crippen LogP contribution in [0.2, 0.25) is 0 Å². The van der Waals surface area contributed by atoms with E-state index < -0.39 is 34.6 Å². The lowest BCUT2D eigenvalue weighted by Gasteiger charge is -2.52. The van der Waals surface area contributed by atoms with Gasteiger partial charge in [-0.3, -0.25) is 14.4 Å². The minimum Gasteiger partial charge on any atom is -0.458 e. The molecule has 0 aromatic heterocycles. The second-order valence-corrected chi connectivity index (χ2v) is 10.8. The zero-order valence-corrected chi connectivity index (χ0v) is 17.8. The smallest absolute Gasteiger partial charge is 0.317 e. The fraction of sp³-hybridized carbons (Fsp3) is 0.783. The molecule has 0 amide bonds. The summed E-state index contributed by atoms with van der Waals surface area (Å²) >= 11 is 0. The SMILES string of the molecule is CCO[C@H]1C2=C(C(=O)[C@]3(C)C(=O)C[C@](C)(O)[C@H]23)[C@@]23CCCC(C)(C)[C@@H]2C1OC3=O. The molecule has 1 heterocycles. The van der Waals surface area contributed by atoms with Crippen LogP contribution < -0.4 is 0 Å². The molecule has 2 saturated carbocycles. The summed E-state index contributed by atoms with van der Waals surface area (Å²) < 4.78 is 12.1. The van der Waals surface area contributed by atoms with Gasteiger partial charge in [-0.1, -0.05) is 20.3 Å². The number of ether oxygens (including phenoxy) is 2. The molecule has 158 valence electrons. The zero-order valence-electron chi connectivity index (χ0n) is 17.8. The average molecular weight is 402 g/mol. The third-order valence-corrected chi connectivity index (χ3v) is 8.69. The lowest BCUT2D eigenvalue weighted by Crippen LogP contribution is -2.56. The van der Waals surface area contributed by atoms with E-state index >= 15 is 0 Å². The molecular weight excluding hydrogens is 372 g/mol. The second-order valence-electron chi connectivity index (χ2n) is 10.8. The van der Waals surface area contributed by atoms with Gasteiger partial charge < -0.3 is 14.6 Å². The highest BCUT2D eigenvalue weighted by Gasteiger charge is 2.78. The van der Waals surface area contributed by atoms with Gasteiger partial charge >= 0.3 is 5.97 Å². The highest BCUT2D eigenvalue weighted by atomic mass is 16.6. The summed E-state index contributed by atoms with van der Waals surface area (Å²) in [5.74, 6) is -1.71. The average Bonchev–Trinajstić information content (AvgIpc) is 3.09. The van der Waals surface area contributed by atoms with Gasteiger partial charge in [0.25, 0.3) is 0 Å². The van der Waals surface area contributed by atoms with Crippen molar-refractivity contribution < 1.29 is 29.0 Å². The van der Waals surface area contributed by atoms with Crippen LogP contribution in [0.15, 0.2) is 11.1 Å². The Morgan fingerprint density at radius 1 is 1.14 bits per heavy atom. The number of ketones is 2. The van der Waals surface area contributed by atoms with E-state index in [4.69, 9.17) is 9.47 Å². The van der Waals surface area contributed by atoms with Crippen LogP contribution in [0.3, 0.4) is 0 Å². The maximum absolute atomic E-state index is 13.9. The number of esters is 1. The van der Waals surface area contributed by atoms with Gasteiger partial charge in [0.15, 0.2) is 5.78 Å². The van der Waals surface area contributed by atoms with Gasteiger partial charge in [0, 0.05) is 30.4 Å². The van der Waals surface area contributed by atoms with Gasteiger partial charge in [-0.05, 0) is 44.6 Å². The van der Waals surface area contributed by atoms with Gasteiger partial charge in [-0.15, -0.1) is 0 Å². The van der Waals surface area contributed by atoms with E-state index in [2.05, 4.69) is 13.8 Å². The Kier molecular flexibility index (Phi) is 3.61. The summed E-state index contributed by atoms with van der Waals surface area (Å²) in [7, 11) is 0. The number of hydrogen-bond acceptors (Lipinski definition) is 6. The third-order valence-electron chi connectivity index (χ3n) is 8.69. The number of carbonyl (C=O) groups is 3. The van der Waals surface area contributed by atoms with Crippen LogP contribution >= 0.6 is 0 Å². The Hall–Kier alpha value is -1.53. The van der Waals surface area contributed by atoms with E-state index in [1.807, 2.05) is 6.92 Å². The summed E-state index contributed by atoms with van der Waals surface area (Å²) in [4.78, 5) is 40.3. The van der Waals surface area contributed by atoms with E-state index in [9.17, 15) is 19.5 Å². The number of rotatable bonds is 2. The van der Waals surface area contributed by atoms with Crippen molar-refractivity contribution in [2.75, 3.05) is 6.61 Å². The van der Waals surface area contributed by atoms with Crippen molar-refractivity contribution in [2.24, 2.45) is 28.1 Å². The van der Waals surface area contributed by atoms with Crippen molar-refractivity contribution in [2.45, 2.75) is 78.1 Å². The molecule has 6 nitrogen and oxygen atoms in total. The molecule has 1 N–H and O–H groups in total. The van der Waals surface area contributed by atoms with Crippen LogP contribution in [-0.4, -0.2) is 47.1 Å². The first-order valence-corrected chi connectivity index (χ1v) is 10.8. The maximum atomic E-state index is 13.9. The van der Waals surface area contributed by atoms with E-state index in [0.29, 0.717) is 24.2 Å². The standard InChI is InChI=1S/C23H30O6/c1-6-28-14-12-13(18(25)22(5)11(24)10-21(4,27)16(12)22)23-9-7-8-20(2,3)17(23)15(14)29-19(23)26/h14-17,27H,6-10H2,1-5H3/t14-,15?,16-,17-,21-,22+,23-/m0/s1. The molecule has 1 aliphatic heterocycles. The third kappa shape index (κ3) is 1.94. The molecule has 29 heavy (non-hydrogen) atoms. The monoisotopic (exact) mass is 402 g/mol. The molecule has 0 radical (unpaired) electrons. The number of carbonyl (C=O) groups excluding carboxylic acids is 3. The maximum Gasteiger partial charge on any atom is 0.317 e. The Morgan fingerprint density at radius 2 is 1.83 bits per heavy atom. The largest absolute Gasteiger partial charge is 0.458 e. The highest BCUT2D eigenvalue weighted by molar-refractivity contribution is 6.22. The highest BCUT2D eigenvalue weighted by Crippen LogP contribution is 2.71. The Morgan fingerprint density at radius 3 is 2.48 bits per heavy atom. The van der Waals surface area contributed by atoms with Gasteiger partial charge in [0.05, 0.1) is 11.0 Å². The van der Waals surface area contributed by atoms with E-state index in [-0.39, 0.29) is 35.3 Å². The van der Waals surface area contributed by atoms with E-state index in [1.165, 1.54) is 0 Å². The van der Waals surface area contributed by atoms with Crippen molar-refractivity contribution in [3.8, 4) is 0 Å². The molecule has 0 aromatic rings. The molecule has 2 bridgehead atoms. The molecule has 4 aliphatic carbocycles. The van der Waals surface area contributed by atoms with E-state index in [1.54, 1.807) is 13.8 Å². The fourth-order valence-electron chi connectivity index (χ4n) is 7.81. The van der Waals surface area contributed by atoms with Crippen LogP contribution in [0.1, 0.15) is 60.3 Å². The normalized spacial score (nSPS) is 49.8. The minimum atomic E-state index is -1.34. The minimum absolute atomic E-state index is 0.0586. The van der Waals surface area contributed by atoms with Crippen LogP contribution in [0.4, 0.5) is 0 Å². The van der Waals surface area contributed by atoms with Gasteiger partial charge in [-0.25, -0.2) is 0 Å². The Labute approximate surface area is 171 Å². The van der Waals surface area contributed by atoms with Crippen molar-refractivity contribution in [1.29, 1.82) is 0 Å². The first-order chi connectivity index (χ1) is 13.4.